The van der Waals surface area contributed by atoms with E-state index in [0.717, 1.165) is 0 Å². The molecule has 2 atom stereocenters. The zero-order valence-electron chi connectivity index (χ0n) is 10.4. The van der Waals surface area contributed by atoms with Gasteiger partial charge in [0.2, 0.25) is 10.1 Å². The lowest BCUT2D eigenvalue weighted by Gasteiger charge is -2.38. The van der Waals surface area contributed by atoms with Crippen LogP contribution in [0, 0.1) is 0 Å². The first-order valence-electron chi connectivity index (χ1n) is 5.60. The maximum absolute atomic E-state index is 11.5. The van der Waals surface area contributed by atoms with Crippen LogP contribution in [0.25, 0.3) is 0 Å². The van der Waals surface area contributed by atoms with Crippen molar-refractivity contribution in [1.29, 1.82) is 0 Å². The summed E-state index contributed by atoms with van der Waals surface area (Å²) in [6.07, 6.45) is -2.30. The zero-order chi connectivity index (χ0) is 16.0. The van der Waals surface area contributed by atoms with Gasteiger partial charge in [0.25, 0.3) is 3.79 Å². The van der Waals surface area contributed by atoms with Crippen molar-refractivity contribution in [1.82, 2.24) is 0 Å². The molecular formula is C12H8Cl6O3. The number of hydrogen-bond donors (Lipinski definition) is 0. The van der Waals surface area contributed by atoms with Gasteiger partial charge >= 0.3 is 0 Å². The van der Waals surface area contributed by atoms with E-state index in [1.54, 1.807) is 12.1 Å². The minimum Gasteiger partial charge on any atom is -0.460 e. The zero-order valence-corrected chi connectivity index (χ0v) is 14.9. The highest BCUT2D eigenvalue weighted by atomic mass is 35.6. The van der Waals surface area contributed by atoms with E-state index in [9.17, 15) is 4.79 Å². The molecule has 0 spiro atoms. The summed E-state index contributed by atoms with van der Waals surface area (Å²) in [6, 6.07) is 4.64. The van der Waals surface area contributed by atoms with E-state index in [1.165, 1.54) is 13.0 Å². The van der Waals surface area contributed by atoms with E-state index in [1.807, 2.05) is 0 Å². The molecule has 1 aliphatic heterocycles. The number of benzene rings is 1. The Labute approximate surface area is 151 Å². The molecule has 1 aliphatic rings. The average molecular weight is 413 g/mol. The number of rotatable bonds is 1. The van der Waals surface area contributed by atoms with Crippen molar-refractivity contribution in [3.05, 3.63) is 29.3 Å². The van der Waals surface area contributed by atoms with Gasteiger partial charge in [-0.05, 0) is 25.1 Å². The molecule has 2 unspecified atom stereocenters. The highest BCUT2D eigenvalue weighted by Crippen LogP contribution is 2.51. The monoisotopic (exact) mass is 410 g/mol. The minimum atomic E-state index is -1.87. The number of carbonyl (C=O) groups excluding carboxylic acids is 1. The van der Waals surface area contributed by atoms with Gasteiger partial charge < -0.3 is 9.47 Å². The van der Waals surface area contributed by atoms with Crippen LogP contribution in [0.15, 0.2) is 18.2 Å². The van der Waals surface area contributed by atoms with Gasteiger partial charge in [-0.1, -0.05) is 69.6 Å². The summed E-state index contributed by atoms with van der Waals surface area (Å²) in [7, 11) is 0. The van der Waals surface area contributed by atoms with E-state index in [4.69, 9.17) is 79.1 Å². The molecule has 1 aromatic carbocycles. The van der Waals surface area contributed by atoms with Crippen molar-refractivity contribution in [3.8, 4) is 5.75 Å². The van der Waals surface area contributed by atoms with Crippen molar-refractivity contribution in [2.75, 3.05) is 0 Å². The van der Waals surface area contributed by atoms with Gasteiger partial charge in [0.15, 0.2) is 5.78 Å². The Balaban J connectivity index is 2.51. The Bertz CT molecular complexity index is 563. The third-order valence-corrected chi connectivity index (χ3v) is 3.89. The number of fused-ring (bicyclic) bond motifs is 1. The predicted octanol–water partition coefficient (Wildman–Crippen LogP) is 5.41. The molecule has 0 fully saturated rings. The molecule has 0 saturated carbocycles. The fourth-order valence-electron chi connectivity index (χ4n) is 1.82. The van der Waals surface area contributed by atoms with Gasteiger partial charge in [-0.2, -0.15) is 0 Å². The second kappa shape index (κ2) is 6.12. The molecule has 1 heterocycles. The molecule has 9 heteroatoms. The number of ether oxygens (including phenoxy) is 2. The summed E-state index contributed by atoms with van der Waals surface area (Å²) < 4.78 is 7.20. The summed E-state index contributed by atoms with van der Waals surface area (Å²) in [6.45, 7) is 1.42. The van der Waals surface area contributed by atoms with Crippen molar-refractivity contribution >= 4 is 75.4 Å². The second-order valence-corrected chi connectivity index (χ2v) is 9.10. The molecule has 1 aromatic rings. The molecule has 0 aromatic heterocycles. The molecule has 0 aliphatic carbocycles. The Kier molecular flexibility index (Phi) is 5.17. The highest BCUT2D eigenvalue weighted by molar-refractivity contribution is 6.68. The number of halogens is 6. The summed E-state index contributed by atoms with van der Waals surface area (Å²) in [5.74, 6) is 0.170. The largest absolute Gasteiger partial charge is 0.460 e. The number of hydrogen-bond acceptors (Lipinski definition) is 3. The van der Waals surface area contributed by atoms with Crippen molar-refractivity contribution in [2.24, 2.45) is 0 Å². The molecule has 0 N–H and O–H groups in total. The van der Waals surface area contributed by atoms with Crippen LogP contribution in [0.3, 0.4) is 0 Å². The number of alkyl halides is 6. The fraction of sp³-hybridized carbons (Fsp3) is 0.417. The van der Waals surface area contributed by atoms with Crippen LogP contribution in [-0.4, -0.2) is 19.7 Å². The average Bonchev–Trinajstić information content (AvgIpc) is 2.34. The van der Waals surface area contributed by atoms with Crippen LogP contribution >= 0.6 is 69.6 Å². The molecule has 2 rings (SSSR count). The van der Waals surface area contributed by atoms with Gasteiger partial charge in [0.1, 0.15) is 11.9 Å². The molecule has 116 valence electrons. The standard InChI is InChI=1S/C12H8Cl6O3/c1-5(19)6-2-3-8-7(4-6)9(11(13,14)15)21-10(20-8)12(16,17)18/h2-4,9-10H,1H3. The van der Waals surface area contributed by atoms with E-state index < -0.39 is 20.0 Å². The van der Waals surface area contributed by atoms with Gasteiger partial charge in [-0.25, -0.2) is 0 Å². The van der Waals surface area contributed by atoms with E-state index in [0.29, 0.717) is 16.9 Å². The van der Waals surface area contributed by atoms with Crippen LogP contribution in [0.1, 0.15) is 28.9 Å². The first-order valence-corrected chi connectivity index (χ1v) is 7.87. The summed E-state index contributed by atoms with van der Waals surface area (Å²) in [4.78, 5) is 11.5. The molecule has 0 saturated heterocycles. The van der Waals surface area contributed by atoms with Crippen LogP contribution in [-0.2, 0) is 4.74 Å². The van der Waals surface area contributed by atoms with Crippen LogP contribution in [0.5, 0.6) is 5.75 Å². The second-order valence-electron chi connectivity index (χ2n) is 4.36. The van der Waals surface area contributed by atoms with Gasteiger partial charge in [0.05, 0.1) is 0 Å². The molecular weight excluding hydrogens is 405 g/mol. The van der Waals surface area contributed by atoms with Crippen molar-refractivity contribution < 1.29 is 14.3 Å². The van der Waals surface area contributed by atoms with E-state index in [-0.39, 0.29) is 5.78 Å². The molecule has 0 amide bonds. The molecule has 0 bridgehead atoms. The van der Waals surface area contributed by atoms with E-state index >= 15 is 0 Å². The third kappa shape index (κ3) is 4.03. The Morgan fingerprint density at radius 3 is 2.19 bits per heavy atom. The lowest BCUT2D eigenvalue weighted by Crippen LogP contribution is -2.42. The Hall–Kier alpha value is 0.390. The number of Topliss-reactive ketones (excluding diaryl/α,β-unsaturated/α-hetero) is 1. The van der Waals surface area contributed by atoms with Gasteiger partial charge in [-0.3, -0.25) is 4.79 Å². The Morgan fingerprint density at radius 2 is 1.71 bits per heavy atom. The van der Waals surface area contributed by atoms with Gasteiger partial charge in [-0.15, -0.1) is 0 Å². The lowest BCUT2D eigenvalue weighted by molar-refractivity contribution is -0.136. The van der Waals surface area contributed by atoms with Gasteiger partial charge in [0, 0.05) is 11.1 Å². The molecule has 3 nitrogen and oxygen atoms in total. The smallest absolute Gasteiger partial charge is 0.252 e. The highest BCUT2D eigenvalue weighted by Gasteiger charge is 2.48. The summed E-state index contributed by atoms with van der Waals surface area (Å²) >= 11 is 35.1. The first-order chi connectivity index (χ1) is 9.50. The van der Waals surface area contributed by atoms with Crippen LogP contribution in [0.2, 0.25) is 0 Å². The predicted molar refractivity (Wildman–Crippen MR) is 85.3 cm³/mol. The van der Waals surface area contributed by atoms with Crippen LogP contribution in [0.4, 0.5) is 0 Å². The SMILES string of the molecule is CC(=O)c1ccc2c(c1)C(C(Cl)(Cl)Cl)OC(C(Cl)(Cl)Cl)O2. The van der Waals surface area contributed by atoms with E-state index in [2.05, 4.69) is 0 Å². The third-order valence-electron chi connectivity index (χ3n) is 2.76. The molecule has 0 radical (unpaired) electrons. The molecule has 21 heavy (non-hydrogen) atoms. The van der Waals surface area contributed by atoms with Crippen molar-refractivity contribution in [3.63, 3.8) is 0 Å². The maximum atomic E-state index is 11.5. The maximum Gasteiger partial charge on any atom is 0.252 e. The lowest BCUT2D eigenvalue weighted by atomic mass is 10.0. The number of ketones is 1. The number of carbonyl (C=O) groups is 1. The summed E-state index contributed by atoms with van der Waals surface area (Å²) in [5.41, 5.74) is 0.820. The van der Waals surface area contributed by atoms with Crippen molar-refractivity contribution in [2.45, 2.75) is 26.9 Å². The minimum absolute atomic E-state index is 0.149. The van der Waals surface area contributed by atoms with Crippen LogP contribution < -0.4 is 4.74 Å². The fourth-order valence-corrected chi connectivity index (χ4v) is 2.61. The topological polar surface area (TPSA) is 35.5 Å². The summed E-state index contributed by atoms with van der Waals surface area (Å²) in [5, 5.41) is 0. The quantitative estimate of drug-likeness (QED) is 0.457. The first kappa shape index (κ1) is 17.7. The Morgan fingerprint density at radius 1 is 1.10 bits per heavy atom. The normalized spacial score (nSPS) is 22.4.